The van der Waals surface area contributed by atoms with Crippen LogP contribution < -0.4 is 5.32 Å². The minimum Gasteiger partial charge on any atom is -0.355 e. The van der Waals surface area contributed by atoms with Crippen molar-refractivity contribution in [3.63, 3.8) is 0 Å². The second-order valence-electron chi connectivity index (χ2n) is 6.98. The van der Waals surface area contributed by atoms with Crippen LogP contribution in [0.15, 0.2) is 70.5 Å². The molecule has 3 rings (SSSR count). The molecule has 2 aromatic carbocycles. The molecule has 1 atom stereocenters. The van der Waals surface area contributed by atoms with Gasteiger partial charge in [-0.1, -0.05) is 36.4 Å². The first-order chi connectivity index (χ1) is 13.5. The molecule has 5 nitrogen and oxygen atoms in total. The molecule has 1 aliphatic heterocycles. The summed E-state index contributed by atoms with van der Waals surface area (Å²) in [7, 11) is -3.42. The van der Waals surface area contributed by atoms with E-state index in [2.05, 4.69) is 5.32 Å². The maximum absolute atomic E-state index is 12.7. The zero-order chi connectivity index (χ0) is 20.0. The number of hydrogen-bond donors (Lipinski definition) is 1. The predicted molar refractivity (Wildman–Crippen MR) is 113 cm³/mol. The Morgan fingerprint density at radius 1 is 1.07 bits per heavy atom. The minimum absolute atomic E-state index is 0.0215. The highest BCUT2D eigenvalue weighted by atomic mass is 32.2. The highest BCUT2D eigenvalue weighted by Gasteiger charge is 2.29. The lowest BCUT2D eigenvalue weighted by Gasteiger charge is -2.31. The Balaban J connectivity index is 1.45. The summed E-state index contributed by atoms with van der Waals surface area (Å²) in [6, 6.07) is 18.4. The van der Waals surface area contributed by atoms with Gasteiger partial charge in [-0.25, -0.2) is 8.42 Å². The van der Waals surface area contributed by atoms with E-state index in [4.69, 9.17) is 0 Å². The van der Waals surface area contributed by atoms with E-state index in [-0.39, 0.29) is 11.2 Å². The third-order valence-electron chi connectivity index (χ3n) is 4.94. The van der Waals surface area contributed by atoms with Gasteiger partial charge in [0, 0.05) is 24.5 Å². The molecule has 150 valence electrons. The molecule has 0 spiro atoms. The molecule has 2 aromatic rings. The third-order valence-corrected chi connectivity index (χ3v) is 7.97. The number of benzene rings is 2. The van der Waals surface area contributed by atoms with Crippen molar-refractivity contribution in [3.8, 4) is 0 Å². The van der Waals surface area contributed by atoms with Gasteiger partial charge >= 0.3 is 0 Å². The Morgan fingerprint density at radius 3 is 2.25 bits per heavy atom. The maximum Gasteiger partial charge on any atom is 0.243 e. The Bertz CT molecular complexity index is 865. The predicted octanol–water partition coefficient (Wildman–Crippen LogP) is 3.38. The van der Waals surface area contributed by atoms with Gasteiger partial charge < -0.3 is 5.32 Å². The van der Waals surface area contributed by atoms with Gasteiger partial charge in [-0.05, 0) is 49.9 Å². The first-order valence-electron chi connectivity index (χ1n) is 9.51. The zero-order valence-electron chi connectivity index (χ0n) is 16.0. The fourth-order valence-corrected chi connectivity index (χ4v) is 5.64. The van der Waals surface area contributed by atoms with Crippen LogP contribution in [0.3, 0.4) is 0 Å². The van der Waals surface area contributed by atoms with Gasteiger partial charge in [0.25, 0.3) is 0 Å². The summed E-state index contributed by atoms with van der Waals surface area (Å²) >= 11 is 1.54. The molecular weight excluding hydrogens is 392 g/mol. The topological polar surface area (TPSA) is 66.5 Å². The van der Waals surface area contributed by atoms with Crippen molar-refractivity contribution in [3.05, 3.63) is 60.7 Å². The van der Waals surface area contributed by atoms with Crippen molar-refractivity contribution in [2.45, 2.75) is 34.8 Å². The fourth-order valence-electron chi connectivity index (χ4n) is 3.24. The van der Waals surface area contributed by atoms with Crippen LogP contribution in [-0.2, 0) is 14.8 Å². The van der Waals surface area contributed by atoms with Crippen molar-refractivity contribution >= 4 is 27.7 Å². The van der Waals surface area contributed by atoms with Crippen molar-refractivity contribution in [2.75, 3.05) is 19.6 Å². The SMILES string of the molecule is CC(Sc1ccccc1)C(=O)NCC1CCN(S(=O)(=O)c2ccccc2)CC1. The average Bonchev–Trinajstić information content (AvgIpc) is 2.73. The Labute approximate surface area is 171 Å². The largest absolute Gasteiger partial charge is 0.355 e. The van der Waals surface area contributed by atoms with E-state index in [9.17, 15) is 13.2 Å². The molecule has 0 aliphatic carbocycles. The number of carbonyl (C=O) groups is 1. The van der Waals surface area contributed by atoms with Crippen LogP contribution in [0.5, 0.6) is 0 Å². The van der Waals surface area contributed by atoms with Crippen LogP contribution in [0.1, 0.15) is 19.8 Å². The summed E-state index contributed by atoms with van der Waals surface area (Å²) < 4.78 is 26.9. The van der Waals surface area contributed by atoms with Crippen LogP contribution >= 0.6 is 11.8 Å². The van der Waals surface area contributed by atoms with E-state index in [1.165, 1.54) is 0 Å². The molecule has 1 fully saturated rings. The molecule has 1 unspecified atom stereocenters. The van der Waals surface area contributed by atoms with Gasteiger partial charge in [-0.15, -0.1) is 11.8 Å². The van der Waals surface area contributed by atoms with Crippen molar-refractivity contribution < 1.29 is 13.2 Å². The number of carbonyl (C=O) groups excluding carboxylic acids is 1. The number of amides is 1. The average molecular weight is 419 g/mol. The first-order valence-corrected chi connectivity index (χ1v) is 11.8. The van der Waals surface area contributed by atoms with Crippen molar-refractivity contribution in [1.82, 2.24) is 9.62 Å². The fraction of sp³-hybridized carbons (Fsp3) is 0.381. The quantitative estimate of drug-likeness (QED) is 0.700. The van der Waals surface area contributed by atoms with E-state index >= 15 is 0 Å². The van der Waals surface area contributed by atoms with Crippen LogP contribution in [0, 0.1) is 5.92 Å². The number of hydrogen-bond acceptors (Lipinski definition) is 4. The number of rotatable bonds is 7. The molecule has 1 saturated heterocycles. The summed E-state index contributed by atoms with van der Waals surface area (Å²) in [6.45, 7) is 3.48. The van der Waals surface area contributed by atoms with Gasteiger partial charge in [0.05, 0.1) is 10.1 Å². The molecule has 0 aromatic heterocycles. The lowest BCUT2D eigenvalue weighted by molar-refractivity contribution is -0.120. The lowest BCUT2D eigenvalue weighted by atomic mass is 9.98. The van der Waals surface area contributed by atoms with Gasteiger partial charge in [0.15, 0.2) is 0 Å². The molecule has 7 heteroatoms. The lowest BCUT2D eigenvalue weighted by Crippen LogP contribution is -2.42. The third kappa shape index (κ3) is 5.37. The normalized spacial score (nSPS) is 17.2. The molecule has 1 heterocycles. The number of thioether (sulfide) groups is 1. The van der Waals surface area contributed by atoms with Gasteiger partial charge in [0.1, 0.15) is 0 Å². The standard InChI is InChI=1S/C21H26N2O3S2/c1-17(27-19-8-4-2-5-9-19)21(24)22-16-18-12-14-23(15-13-18)28(25,26)20-10-6-3-7-11-20/h2-11,17-18H,12-16H2,1H3,(H,22,24). The Hall–Kier alpha value is -1.83. The van der Waals surface area contributed by atoms with E-state index < -0.39 is 10.0 Å². The van der Waals surface area contributed by atoms with Crippen LogP contribution in [0.2, 0.25) is 0 Å². The molecule has 1 aliphatic rings. The molecule has 1 N–H and O–H groups in total. The monoisotopic (exact) mass is 418 g/mol. The van der Waals surface area contributed by atoms with E-state index in [1.807, 2.05) is 43.3 Å². The highest BCUT2D eigenvalue weighted by molar-refractivity contribution is 8.00. The maximum atomic E-state index is 12.7. The summed E-state index contributed by atoms with van der Waals surface area (Å²) in [4.78, 5) is 13.8. The Kier molecular flexibility index (Phi) is 7.15. The second-order valence-corrected chi connectivity index (χ2v) is 10.3. The van der Waals surface area contributed by atoms with Crippen molar-refractivity contribution in [2.24, 2.45) is 5.92 Å². The summed E-state index contributed by atoms with van der Waals surface area (Å²) in [5.41, 5.74) is 0. The number of sulfonamides is 1. The van der Waals surface area contributed by atoms with E-state index in [0.717, 1.165) is 17.7 Å². The van der Waals surface area contributed by atoms with Gasteiger partial charge in [-0.2, -0.15) is 4.31 Å². The molecule has 1 amide bonds. The second kappa shape index (κ2) is 9.58. The number of piperidine rings is 1. The van der Waals surface area contributed by atoms with Crippen molar-refractivity contribution in [1.29, 1.82) is 0 Å². The molecular formula is C21H26N2O3S2. The van der Waals surface area contributed by atoms with E-state index in [1.54, 1.807) is 40.3 Å². The highest BCUT2D eigenvalue weighted by Crippen LogP contribution is 2.25. The smallest absolute Gasteiger partial charge is 0.243 e. The van der Waals surface area contributed by atoms with Crippen LogP contribution in [0.4, 0.5) is 0 Å². The molecule has 28 heavy (non-hydrogen) atoms. The van der Waals surface area contributed by atoms with E-state index in [0.29, 0.717) is 30.4 Å². The first kappa shape index (κ1) is 20.9. The van der Waals surface area contributed by atoms with Gasteiger partial charge in [0.2, 0.25) is 15.9 Å². The Morgan fingerprint density at radius 2 is 1.64 bits per heavy atom. The number of nitrogens with zero attached hydrogens (tertiary/aromatic N) is 1. The van der Waals surface area contributed by atoms with Crippen LogP contribution in [0.25, 0.3) is 0 Å². The zero-order valence-corrected chi connectivity index (χ0v) is 17.6. The minimum atomic E-state index is -3.42. The molecule has 0 bridgehead atoms. The van der Waals surface area contributed by atoms with Gasteiger partial charge in [-0.3, -0.25) is 4.79 Å². The summed E-state index contributed by atoms with van der Waals surface area (Å²) in [5.74, 6) is 0.327. The number of nitrogens with one attached hydrogen (secondary N) is 1. The summed E-state index contributed by atoms with van der Waals surface area (Å²) in [5, 5.41) is 2.86. The summed E-state index contributed by atoms with van der Waals surface area (Å²) in [6.07, 6.45) is 1.51. The molecule has 0 saturated carbocycles. The van der Waals surface area contributed by atoms with Crippen LogP contribution in [-0.4, -0.2) is 43.5 Å². The molecule has 0 radical (unpaired) electrons.